The number of thiazole rings is 1. The van der Waals surface area contributed by atoms with E-state index < -0.39 is 6.03 Å². The number of hydrogen-bond acceptors (Lipinski definition) is 6. The van der Waals surface area contributed by atoms with Crippen molar-refractivity contribution in [2.75, 3.05) is 18.4 Å². The molecule has 0 aliphatic carbocycles. The van der Waals surface area contributed by atoms with Crippen molar-refractivity contribution in [2.24, 2.45) is 0 Å². The summed E-state index contributed by atoms with van der Waals surface area (Å²) in [5.41, 5.74) is 3.50. The molecule has 3 heterocycles. The summed E-state index contributed by atoms with van der Waals surface area (Å²) in [6.45, 7) is 2.79. The van der Waals surface area contributed by atoms with E-state index in [4.69, 9.17) is 0 Å². The zero-order valence-electron chi connectivity index (χ0n) is 17.9. The Balaban J connectivity index is 1.23. The summed E-state index contributed by atoms with van der Waals surface area (Å²) in [6.07, 6.45) is 0.857. The van der Waals surface area contributed by atoms with Crippen LogP contribution >= 0.6 is 11.3 Å². The lowest BCUT2D eigenvalue weighted by molar-refractivity contribution is -0.125. The molecule has 9 heteroatoms. The molecule has 0 radical (unpaired) electrons. The molecule has 0 bridgehead atoms. The lowest BCUT2D eigenvalue weighted by Gasteiger charge is -2.25. The van der Waals surface area contributed by atoms with Gasteiger partial charge < -0.3 is 5.32 Å². The van der Waals surface area contributed by atoms with Crippen molar-refractivity contribution in [1.29, 1.82) is 0 Å². The van der Waals surface area contributed by atoms with E-state index in [1.54, 1.807) is 24.3 Å². The summed E-state index contributed by atoms with van der Waals surface area (Å²) in [5, 5.41) is 6.00. The Kier molecular flexibility index (Phi) is 5.89. The van der Waals surface area contributed by atoms with Gasteiger partial charge in [-0.25, -0.2) is 9.78 Å². The van der Waals surface area contributed by atoms with E-state index in [0.717, 1.165) is 36.6 Å². The smallest absolute Gasteiger partial charge is 0.324 e. The fraction of sp³-hybridized carbons (Fsp3) is 0.250. The third kappa shape index (κ3) is 4.79. The van der Waals surface area contributed by atoms with Gasteiger partial charge in [0.15, 0.2) is 5.13 Å². The normalized spacial score (nSPS) is 15.9. The number of fused-ring (bicyclic) bond motifs is 1. The number of rotatable bonds is 6. The highest BCUT2D eigenvalue weighted by atomic mass is 32.1. The zero-order valence-corrected chi connectivity index (χ0v) is 18.7. The number of hydrogen-bond donors (Lipinski definition) is 2. The average Bonchev–Trinajstić information content (AvgIpc) is 3.37. The maximum Gasteiger partial charge on any atom is 0.324 e. The molecule has 0 saturated carbocycles. The molecule has 3 aromatic rings. The Morgan fingerprint density at radius 3 is 2.67 bits per heavy atom. The highest BCUT2D eigenvalue weighted by Crippen LogP contribution is 2.29. The largest absolute Gasteiger partial charge is 0.329 e. The molecule has 0 spiro atoms. The van der Waals surface area contributed by atoms with Gasteiger partial charge in [0.1, 0.15) is 0 Å². The maximum atomic E-state index is 12.8. The van der Waals surface area contributed by atoms with Crippen LogP contribution in [-0.2, 0) is 30.8 Å². The van der Waals surface area contributed by atoms with Crippen LogP contribution in [0.15, 0.2) is 54.6 Å². The molecule has 2 N–H and O–H groups in total. The Hall–Kier alpha value is -3.56. The lowest BCUT2D eigenvalue weighted by Crippen LogP contribution is -2.30. The van der Waals surface area contributed by atoms with E-state index in [1.165, 1.54) is 21.8 Å². The average molecular weight is 462 g/mol. The first-order valence-electron chi connectivity index (χ1n) is 10.8. The Morgan fingerprint density at radius 2 is 1.88 bits per heavy atom. The van der Waals surface area contributed by atoms with Crippen LogP contribution in [0.1, 0.15) is 32.1 Å². The van der Waals surface area contributed by atoms with Gasteiger partial charge in [0.05, 0.1) is 18.8 Å². The van der Waals surface area contributed by atoms with Crippen LogP contribution in [0.5, 0.6) is 0 Å². The van der Waals surface area contributed by atoms with Crippen LogP contribution in [0, 0.1) is 0 Å². The van der Waals surface area contributed by atoms with Gasteiger partial charge in [0.25, 0.3) is 5.91 Å². The molecular formula is C24H23N5O3S. The highest BCUT2D eigenvalue weighted by molar-refractivity contribution is 7.15. The van der Waals surface area contributed by atoms with Gasteiger partial charge in [0, 0.05) is 36.5 Å². The SMILES string of the molecule is O=C(Nc1nc2c(s1)CN(Cc1ccccc1)CC2)c1cccc(CN2C(=O)CNC2=O)c1. The molecule has 0 unspecified atom stereocenters. The summed E-state index contributed by atoms with van der Waals surface area (Å²) in [4.78, 5) is 45.8. The maximum absolute atomic E-state index is 12.8. The van der Waals surface area contributed by atoms with Gasteiger partial charge in [-0.15, -0.1) is 11.3 Å². The number of carbonyl (C=O) groups is 3. The second-order valence-electron chi connectivity index (χ2n) is 8.13. The van der Waals surface area contributed by atoms with Crippen molar-refractivity contribution in [1.82, 2.24) is 20.1 Å². The van der Waals surface area contributed by atoms with Crippen molar-refractivity contribution in [3.63, 3.8) is 0 Å². The minimum absolute atomic E-state index is 0.0104. The molecule has 0 atom stereocenters. The third-order valence-electron chi connectivity index (χ3n) is 5.75. The Bertz CT molecular complexity index is 1190. The molecule has 1 saturated heterocycles. The topological polar surface area (TPSA) is 94.6 Å². The van der Waals surface area contributed by atoms with Crippen LogP contribution in [0.4, 0.5) is 9.93 Å². The molecule has 2 aromatic carbocycles. The molecule has 33 heavy (non-hydrogen) atoms. The number of carbonyl (C=O) groups excluding carboxylic acids is 3. The second kappa shape index (κ2) is 9.13. The van der Waals surface area contributed by atoms with Crippen LogP contribution < -0.4 is 10.6 Å². The number of aromatic nitrogens is 1. The first-order valence-corrected chi connectivity index (χ1v) is 11.6. The summed E-state index contributed by atoms with van der Waals surface area (Å²) in [7, 11) is 0. The minimum Gasteiger partial charge on any atom is -0.329 e. The number of benzene rings is 2. The summed E-state index contributed by atoms with van der Waals surface area (Å²) in [5.74, 6) is -0.536. The Morgan fingerprint density at radius 1 is 1.06 bits per heavy atom. The fourth-order valence-corrected chi connectivity index (χ4v) is 5.10. The van der Waals surface area contributed by atoms with E-state index >= 15 is 0 Å². The van der Waals surface area contributed by atoms with Crippen LogP contribution in [0.3, 0.4) is 0 Å². The Labute approximate surface area is 195 Å². The van der Waals surface area contributed by atoms with Crippen LogP contribution in [0.2, 0.25) is 0 Å². The third-order valence-corrected chi connectivity index (χ3v) is 6.74. The highest BCUT2D eigenvalue weighted by Gasteiger charge is 2.28. The van der Waals surface area contributed by atoms with Gasteiger partial charge >= 0.3 is 6.03 Å². The molecule has 2 aliphatic rings. The van der Waals surface area contributed by atoms with E-state index in [2.05, 4.69) is 44.8 Å². The molecule has 2 aliphatic heterocycles. The number of nitrogens with zero attached hydrogens (tertiary/aromatic N) is 3. The van der Waals surface area contributed by atoms with Crippen molar-refractivity contribution < 1.29 is 14.4 Å². The van der Waals surface area contributed by atoms with Gasteiger partial charge in [0.2, 0.25) is 5.91 Å². The predicted molar refractivity (Wildman–Crippen MR) is 125 cm³/mol. The fourth-order valence-electron chi connectivity index (χ4n) is 4.06. The number of imide groups is 1. The van der Waals surface area contributed by atoms with Gasteiger partial charge in [-0.2, -0.15) is 0 Å². The van der Waals surface area contributed by atoms with Crippen LogP contribution in [-0.4, -0.2) is 45.7 Å². The first-order chi connectivity index (χ1) is 16.0. The molecule has 4 amide bonds. The quantitative estimate of drug-likeness (QED) is 0.551. The molecule has 5 rings (SSSR count). The number of nitrogens with one attached hydrogen (secondary N) is 2. The van der Waals surface area contributed by atoms with E-state index in [9.17, 15) is 14.4 Å². The van der Waals surface area contributed by atoms with Gasteiger partial charge in [-0.05, 0) is 23.3 Å². The molecule has 1 aromatic heterocycles. The number of amides is 4. The number of anilines is 1. The predicted octanol–water partition coefficient (Wildman–Crippen LogP) is 3.01. The molecule has 8 nitrogen and oxygen atoms in total. The molecular weight excluding hydrogens is 438 g/mol. The van der Waals surface area contributed by atoms with Crippen molar-refractivity contribution >= 4 is 34.3 Å². The first kappa shape index (κ1) is 21.3. The van der Waals surface area contributed by atoms with E-state index in [0.29, 0.717) is 16.3 Å². The van der Waals surface area contributed by atoms with E-state index in [1.807, 2.05) is 6.07 Å². The lowest BCUT2D eigenvalue weighted by atomic mass is 10.1. The standard InChI is InChI=1S/C24H23N5O3S/c30-21-12-25-24(32)29(21)14-17-7-4-8-18(11-17)22(31)27-23-26-19-9-10-28(15-20(19)33-23)13-16-5-2-1-3-6-16/h1-8,11H,9-10,12-15H2,(H,25,32)(H,26,27,31). The van der Waals surface area contributed by atoms with Crippen LogP contribution in [0.25, 0.3) is 0 Å². The summed E-state index contributed by atoms with van der Waals surface area (Å²) >= 11 is 1.51. The molecule has 168 valence electrons. The van der Waals surface area contributed by atoms with Crippen molar-refractivity contribution in [3.8, 4) is 0 Å². The summed E-state index contributed by atoms with van der Waals surface area (Å²) < 4.78 is 0. The zero-order chi connectivity index (χ0) is 22.8. The monoisotopic (exact) mass is 461 g/mol. The second-order valence-corrected chi connectivity index (χ2v) is 9.21. The molecule has 1 fully saturated rings. The number of urea groups is 1. The van der Waals surface area contributed by atoms with Gasteiger partial charge in [-0.1, -0.05) is 42.5 Å². The van der Waals surface area contributed by atoms with Crippen molar-refractivity contribution in [3.05, 3.63) is 81.9 Å². The van der Waals surface area contributed by atoms with Gasteiger partial charge in [-0.3, -0.25) is 24.7 Å². The van der Waals surface area contributed by atoms with Crippen molar-refractivity contribution in [2.45, 2.75) is 26.1 Å². The summed E-state index contributed by atoms with van der Waals surface area (Å²) in [6, 6.07) is 16.9. The minimum atomic E-state index is -0.412. The van der Waals surface area contributed by atoms with E-state index in [-0.39, 0.29) is 24.9 Å².